The first-order valence-electron chi connectivity index (χ1n) is 11.0. The first-order chi connectivity index (χ1) is 16.6. The third-order valence-corrected chi connectivity index (χ3v) is 6.33. The molecule has 0 spiro atoms. The fourth-order valence-electron chi connectivity index (χ4n) is 4.19. The summed E-state index contributed by atoms with van der Waals surface area (Å²) in [5.41, 5.74) is 9.51. The van der Waals surface area contributed by atoms with Gasteiger partial charge in [-0.15, -0.1) is 0 Å². The first-order valence-corrected chi connectivity index (χ1v) is 11.0. The van der Waals surface area contributed by atoms with E-state index in [2.05, 4.69) is 25.3 Å². The van der Waals surface area contributed by atoms with Crippen LogP contribution in [0.5, 0.6) is 5.75 Å². The number of anilines is 2. The lowest BCUT2D eigenvalue weighted by Gasteiger charge is -2.40. The summed E-state index contributed by atoms with van der Waals surface area (Å²) in [5, 5.41) is 3.01. The molecule has 1 aliphatic carbocycles. The van der Waals surface area contributed by atoms with Gasteiger partial charge in [-0.25, -0.2) is 9.97 Å². The van der Waals surface area contributed by atoms with Gasteiger partial charge < -0.3 is 15.8 Å². The number of nitrogens with two attached hydrogens (primary N) is 1. The van der Waals surface area contributed by atoms with Crippen molar-refractivity contribution in [3.05, 3.63) is 79.0 Å². The Morgan fingerprint density at radius 2 is 1.71 bits per heavy atom. The van der Waals surface area contributed by atoms with E-state index >= 15 is 0 Å². The van der Waals surface area contributed by atoms with Gasteiger partial charge in [0.05, 0.1) is 36.8 Å². The fourth-order valence-corrected chi connectivity index (χ4v) is 4.19. The number of carbonyl (C=O) groups is 1. The van der Waals surface area contributed by atoms with Crippen LogP contribution in [0.1, 0.15) is 24.8 Å². The average Bonchev–Trinajstić information content (AvgIpc) is 2.85. The summed E-state index contributed by atoms with van der Waals surface area (Å²) < 4.78 is 5.24. The summed E-state index contributed by atoms with van der Waals surface area (Å²) in [4.78, 5) is 30.4. The number of methoxy groups -OCH3 is 1. The molecule has 0 unspecified atom stereocenters. The molecule has 0 atom stereocenters. The van der Waals surface area contributed by atoms with Crippen molar-refractivity contribution in [1.82, 2.24) is 19.9 Å². The van der Waals surface area contributed by atoms with Crippen molar-refractivity contribution in [3.8, 4) is 28.1 Å². The van der Waals surface area contributed by atoms with Gasteiger partial charge in [0.25, 0.3) is 0 Å². The van der Waals surface area contributed by atoms with Crippen LogP contribution in [0.15, 0.2) is 73.4 Å². The zero-order chi connectivity index (χ0) is 23.5. The SMILES string of the molecule is COc1cncc(-c2ccc(NC(=O)C3(c4ccc(-c5cnc(N)cn5)cc4)CCC3)nc2)c1. The number of amides is 1. The number of pyridine rings is 2. The second-order valence-corrected chi connectivity index (χ2v) is 8.34. The topological polar surface area (TPSA) is 116 Å². The Morgan fingerprint density at radius 3 is 2.32 bits per heavy atom. The Balaban J connectivity index is 1.32. The summed E-state index contributed by atoms with van der Waals surface area (Å²) in [6, 6.07) is 13.6. The van der Waals surface area contributed by atoms with Crippen molar-refractivity contribution in [2.45, 2.75) is 24.7 Å². The second kappa shape index (κ2) is 8.90. The number of carbonyl (C=O) groups excluding carboxylic acids is 1. The van der Waals surface area contributed by atoms with Gasteiger partial charge in [-0.3, -0.25) is 14.8 Å². The molecule has 170 valence electrons. The largest absolute Gasteiger partial charge is 0.495 e. The van der Waals surface area contributed by atoms with Gasteiger partial charge in [0.1, 0.15) is 17.4 Å². The molecule has 3 heterocycles. The molecule has 8 nitrogen and oxygen atoms in total. The standard InChI is InChI=1S/C26H24N6O2/c1-34-21-11-19(12-28-14-21)18-5-8-24(31-13-18)32-25(33)26(9-2-10-26)20-6-3-17(4-7-20)22-15-30-23(27)16-29-22/h3-8,11-16H,2,9-10H2,1H3,(H2,27,30)(H,31,32,33). The van der Waals surface area contributed by atoms with E-state index < -0.39 is 5.41 Å². The molecule has 1 saturated carbocycles. The van der Waals surface area contributed by atoms with Gasteiger partial charge in [0.2, 0.25) is 5.91 Å². The second-order valence-electron chi connectivity index (χ2n) is 8.34. The summed E-state index contributed by atoms with van der Waals surface area (Å²) in [5.74, 6) is 1.54. The van der Waals surface area contributed by atoms with Gasteiger partial charge >= 0.3 is 0 Å². The van der Waals surface area contributed by atoms with Crippen LogP contribution in [-0.2, 0) is 10.2 Å². The fraction of sp³-hybridized carbons (Fsp3) is 0.192. The normalized spacial score (nSPS) is 14.1. The molecule has 1 aromatic carbocycles. The first kappa shape index (κ1) is 21.5. The molecule has 1 fully saturated rings. The van der Waals surface area contributed by atoms with Crippen LogP contribution in [-0.4, -0.2) is 33.0 Å². The Kier molecular flexibility index (Phi) is 5.63. The van der Waals surface area contributed by atoms with Crippen molar-refractivity contribution in [2.75, 3.05) is 18.2 Å². The van der Waals surface area contributed by atoms with Crippen molar-refractivity contribution >= 4 is 17.5 Å². The Hall–Kier alpha value is -4.33. The summed E-state index contributed by atoms with van der Waals surface area (Å²) >= 11 is 0. The molecule has 3 aromatic heterocycles. The zero-order valence-electron chi connectivity index (χ0n) is 18.7. The van der Waals surface area contributed by atoms with Crippen molar-refractivity contribution in [3.63, 3.8) is 0 Å². The number of rotatable bonds is 6. The highest BCUT2D eigenvalue weighted by Gasteiger charge is 2.45. The maximum atomic E-state index is 13.3. The molecular formula is C26H24N6O2. The van der Waals surface area contributed by atoms with Gasteiger partial charge in [-0.2, -0.15) is 0 Å². The lowest BCUT2D eigenvalue weighted by molar-refractivity contribution is -0.124. The lowest BCUT2D eigenvalue weighted by Crippen LogP contribution is -2.46. The van der Waals surface area contributed by atoms with E-state index in [-0.39, 0.29) is 5.91 Å². The van der Waals surface area contributed by atoms with Crippen LogP contribution in [0, 0.1) is 0 Å². The number of ether oxygens (including phenoxy) is 1. The predicted molar refractivity (Wildman–Crippen MR) is 130 cm³/mol. The minimum Gasteiger partial charge on any atom is -0.495 e. The summed E-state index contributed by atoms with van der Waals surface area (Å²) in [7, 11) is 1.60. The summed E-state index contributed by atoms with van der Waals surface area (Å²) in [6.07, 6.45) is 10.9. The van der Waals surface area contributed by atoms with Crippen LogP contribution in [0.25, 0.3) is 22.4 Å². The van der Waals surface area contributed by atoms with E-state index in [4.69, 9.17) is 10.5 Å². The maximum Gasteiger partial charge on any atom is 0.236 e. The number of benzene rings is 1. The van der Waals surface area contributed by atoms with E-state index in [0.29, 0.717) is 17.4 Å². The van der Waals surface area contributed by atoms with Crippen LogP contribution >= 0.6 is 0 Å². The lowest BCUT2D eigenvalue weighted by atomic mass is 9.63. The van der Waals surface area contributed by atoms with Crippen molar-refractivity contribution in [1.29, 1.82) is 0 Å². The molecule has 3 N–H and O–H groups in total. The highest BCUT2D eigenvalue weighted by molar-refractivity contribution is 5.99. The quantitative estimate of drug-likeness (QED) is 0.449. The number of nitrogen functional groups attached to an aromatic ring is 1. The third-order valence-electron chi connectivity index (χ3n) is 6.33. The number of nitrogens with zero attached hydrogens (tertiary/aromatic N) is 4. The molecule has 1 amide bonds. The molecule has 0 bridgehead atoms. The molecule has 1 aliphatic rings. The van der Waals surface area contributed by atoms with Gasteiger partial charge in [-0.1, -0.05) is 30.7 Å². The molecule has 0 radical (unpaired) electrons. The van der Waals surface area contributed by atoms with E-state index in [1.807, 2.05) is 42.5 Å². The van der Waals surface area contributed by atoms with E-state index in [9.17, 15) is 4.79 Å². The Morgan fingerprint density at radius 1 is 0.912 bits per heavy atom. The molecule has 0 aliphatic heterocycles. The number of nitrogens with one attached hydrogen (secondary N) is 1. The monoisotopic (exact) mass is 452 g/mol. The zero-order valence-corrected chi connectivity index (χ0v) is 18.7. The predicted octanol–water partition coefficient (Wildman–Crippen LogP) is 4.25. The average molecular weight is 453 g/mol. The Labute approximate surface area is 197 Å². The summed E-state index contributed by atoms with van der Waals surface area (Å²) in [6.45, 7) is 0. The van der Waals surface area contributed by atoms with Gasteiger partial charge in [-0.05, 0) is 36.6 Å². The molecule has 0 saturated heterocycles. The minimum absolute atomic E-state index is 0.0397. The minimum atomic E-state index is -0.553. The molecule has 8 heteroatoms. The van der Waals surface area contributed by atoms with Gasteiger partial charge in [0, 0.05) is 29.1 Å². The highest BCUT2D eigenvalue weighted by Crippen LogP contribution is 2.45. The highest BCUT2D eigenvalue weighted by atomic mass is 16.5. The Bertz CT molecular complexity index is 1300. The smallest absolute Gasteiger partial charge is 0.236 e. The van der Waals surface area contributed by atoms with E-state index in [1.165, 1.54) is 6.20 Å². The van der Waals surface area contributed by atoms with E-state index in [1.54, 1.807) is 31.9 Å². The van der Waals surface area contributed by atoms with Crippen molar-refractivity contribution in [2.24, 2.45) is 0 Å². The maximum absolute atomic E-state index is 13.3. The van der Waals surface area contributed by atoms with Crippen LogP contribution in [0.4, 0.5) is 11.6 Å². The number of aromatic nitrogens is 4. The van der Waals surface area contributed by atoms with Crippen molar-refractivity contribution < 1.29 is 9.53 Å². The molecule has 5 rings (SSSR count). The number of hydrogen-bond acceptors (Lipinski definition) is 7. The van der Waals surface area contributed by atoms with Crippen LogP contribution in [0.2, 0.25) is 0 Å². The van der Waals surface area contributed by atoms with Gasteiger partial charge in [0.15, 0.2) is 0 Å². The van der Waals surface area contributed by atoms with E-state index in [0.717, 1.165) is 47.2 Å². The van der Waals surface area contributed by atoms with Crippen LogP contribution < -0.4 is 15.8 Å². The third kappa shape index (κ3) is 4.05. The molecule has 4 aromatic rings. The molecular weight excluding hydrogens is 428 g/mol. The number of hydrogen-bond donors (Lipinski definition) is 2. The van der Waals surface area contributed by atoms with Crippen LogP contribution in [0.3, 0.4) is 0 Å². The molecule has 34 heavy (non-hydrogen) atoms.